The molecule has 1 saturated carbocycles. The van der Waals surface area contributed by atoms with E-state index in [0.717, 1.165) is 47.9 Å². The Morgan fingerprint density at radius 2 is 1.95 bits per heavy atom. The molecule has 198 valence electrons. The van der Waals surface area contributed by atoms with E-state index in [0.29, 0.717) is 30.3 Å². The first-order chi connectivity index (χ1) is 18.2. The first-order valence-electron chi connectivity index (χ1n) is 13.6. The zero-order valence-corrected chi connectivity index (χ0v) is 22.4. The Morgan fingerprint density at radius 3 is 2.68 bits per heavy atom. The Labute approximate surface area is 222 Å². The van der Waals surface area contributed by atoms with E-state index in [1.807, 2.05) is 44.0 Å². The van der Waals surface area contributed by atoms with Crippen LogP contribution in [0.5, 0.6) is 5.75 Å². The number of cyclic esters (lactones) is 1. The van der Waals surface area contributed by atoms with Crippen LogP contribution in [0.25, 0.3) is 10.8 Å². The Kier molecular flexibility index (Phi) is 6.00. The number of aromatic nitrogens is 2. The highest BCUT2D eigenvalue weighted by molar-refractivity contribution is 5.94. The average Bonchev–Trinajstić information content (AvgIpc) is 3.71. The number of benzene rings is 1. The minimum atomic E-state index is -0.620. The first kappa shape index (κ1) is 24.6. The molecule has 2 aliphatic heterocycles. The molecule has 6 rings (SSSR count). The lowest BCUT2D eigenvalue weighted by Gasteiger charge is -2.39. The van der Waals surface area contributed by atoms with Gasteiger partial charge >= 0.3 is 5.97 Å². The van der Waals surface area contributed by atoms with E-state index in [1.54, 1.807) is 12.1 Å². The van der Waals surface area contributed by atoms with E-state index < -0.39 is 5.60 Å². The number of anilines is 2. The van der Waals surface area contributed by atoms with Gasteiger partial charge in [0.2, 0.25) is 5.91 Å². The molecule has 1 aromatic carbocycles. The highest BCUT2D eigenvalue weighted by Gasteiger charge is 2.41. The van der Waals surface area contributed by atoms with Gasteiger partial charge in [0.25, 0.3) is 0 Å². The van der Waals surface area contributed by atoms with Gasteiger partial charge in [-0.1, -0.05) is 26.3 Å². The highest BCUT2D eigenvalue weighted by atomic mass is 16.6. The molecule has 8 nitrogen and oxygen atoms in total. The minimum absolute atomic E-state index is 0.00773. The maximum absolute atomic E-state index is 12.5. The first-order valence-corrected chi connectivity index (χ1v) is 13.6. The van der Waals surface area contributed by atoms with Crippen LogP contribution >= 0.6 is 0 Å². The SMILES string of the molecule is CCCc1ccc(OC2CN(C(=O)C3CC3)C2)c2cnc(Nc3ccc4c(n3)C(C)C(C)(C)OC4=O)cc12. The number of fused-ring (bicyclic) bond motifs is 2. The number of rotatable bonds is 7. The van der Waals surface area contributed by atoms with Gasteiger partial charge in [0.1, 0.15) is 29.1 Å². The van der Waals surface area contributed by atoms with Gasteiger partial charge in [-0.3, -0.25) is 4.79 Å². The molecule has 1 amide bonds. The Hall–Kier alpha value is -3.68. The molecule has 38 heavy (non-hydrogen) atoms. The Morgan fingerprint density at radius 1 is 1.16 bits per heavy atom. The van der Waals surface area contributed by atoms with Crippen LogP contribution in [-0.4, -0.2) is 51.5 Å². The topological polar surface area (TPSA) is 93.7 Å². The van der Waals surface area contributed by atoms with E-state index in [9.17, 15) is 9.59 Å². The lowest BCUT2D eigenvalue weighted by molar-refractivity contribution is -0.141. The van der Waals surface area contributed by atoms with Crippen LogP contribution in [-0.2, 0) is 16.0 Å². The second kappa shape index (κ2) is 9.26. The number of nitrogens with zero attached hydrogens (tertiary/aromatic N) is 3. The molecule has 2 aromatic heterocycles. The smallest absolute Gasteiger partial charge is 0.340 e. The van der Waals surface area contributed by atoms with Gasteiger partial charge < -0.3 is 19.7 Å². The quantitative estimate of drug-likeness (QED) is 0.423. The summed E-state index contributed by atoms with van der Waals surface area (Å²) in [6.07, 6.45) is 5.87. The number of hydrogen-bond donors (Lipinski definition) is 1. The van der Waals surface area contributed by atoms with E-state index in [2.05, 4.69) is 23.3 Å². The molecule has 1 atom stereocenters. The number of carbonyl (C=O) groups is 2. The predicted molar refractivity (Wildman–Crippen MR) is 145 cm³/mol. The molecule has 1 aliphatic carbocycles. The van der Waals surface area contributed by atoms with Gasteiger partial charge in [0.05, 0.1) is 24.3 Å². The molecular weight excluding hydrogens is 480 g/mol. The van der Waals surface area contributed by atoms with Gasteiger partial charge in [0.15, 0.2) is 0 Å². The highest BCUT2D eigenvalue weighted by Crippen LogP contribution is 2.39. The molecule has 2 fully saturated rings. The number of amides is 1. The largest absolute Gasteiger partial charge is 0.486 e. The molecule has 4 heterocycles. The third kappa shape index (κ3) is 4.46. The second-order valence-corrected chi connectivity index (χ2v) is 11.3. The van der Waals surface area contributed by atoms with Crippen molar-refractivity contribution in [2.75, 3.05) is 18.4 Å². The third-order valence-corrected chi connectivity index (χ3v) is 8.06. The fourth-order valence-electron chi connectivity index (χ4n) is 5.28. The van der Waals surface area contributed by atoms with Crippen LogP contribution in [0.1, 0.15) is 74.5 Å². The van der Waals surface area contributed by atoms with E-state index >= 15 is 0 Å². The standard InChI is InChI=1S/C30H34N4O4/c1-5-6-18-9-11-24(37-20-15-34(16-20)28(35)19-7-8-19)23-14-31-26(13-22(18)23)32-25-12-10-21-27(33-25)17(2)30(3,4)38-29(21)36/h9-14,17,19-20H,5-8,15-16H2,1-4H3,(H,31,32,33). The van der Waals surface area contributed by atoms with Crippen molar-refractivity contribution in [1.82, 2.24) is 14.9 Å². The van der Waals surface area contributed by atoms with Crippen molar-refractivity contribution in [3.05, 3.63) is 53.3 Å². The maximum atomic E-state index is 12.5. The number of esters is 1. The fraction of sp³-hybridized carbons (Fsp3) is 0.467. The minimum Gasteiger partial charge on any atom is -0.486 e. The molecule has 1 N–H and O–H groups in total. The van der Waals surface area contributed by atoms with Gasteiger partial charge in [0, 0.05) is 23.4 Å². The van der Waals surface area contributed by atoms with Crippen LogP contribution in [0.4, 0.5) is 11.6 Å². The van der Waals surface area contributed by atoms with Gasteiger partial charge in [-0.2, -0.15) is 0 Å². The summed E-state index contributed by atoms with van der Waals surface area (Å²) in [5.41, 5.74) is 1.85. The number of likely N-dealkylation sites (tertiary alicyclic amines) is 1. The van der Waals surface area contributed by atoms with Crippen molar-refractivity contribution in [3.63, 3.8) is 0 Å². The zero-order valence-electron chi connectivity index (χ0n) is 22.4. The van der Waals surface area contributed by atoms with Crippen LogP contribution < -0.4 is 10.1 Å². The summed E-state index contributed by atoms with van der Waals surface area (Å²) in [4.78, 5) is 36.1. The van der Waals surface area contributed by atoms with Gasteiger partial charge in [-0.15, -0.1) is 0 Å². The number of aryl methyl sites for hydroxylation is 1. The monoisotopic (exact) mass is 514 g/mol. The molecular formula is C30H34N4O4. The summed E-state index contributed by atoms with van der Waals surface area (Å²) in [5.74, 6) is 2.24. The fourth-order valence-corrected chi connectivity index (χ4v) is 5.28. The number of ether oxygens (including phenoxy) is 2. The summed E-state index contributed by atoms with van der Waals surface area (Å²) < 4.78 is 11.9. The predicted octanol–water partition coefficient (Wildman–Crippen LogP) is 5.38. The molecule has 0 spiro atoms. The average molecular weight is 515 g/mol. The van der Waals surface area contributed by atoms with Crippen LogP contribution in [0, 0.1) is 5.92 Å². The molecule has 3 aromatic rings. The summed E-state index contributed by atoms with van der Waals surface area (Å²) >= 11 is 0. The van der Waals surface area contributed by atoms with Crippen LogP contribution in [0.3, 0.4) is 0 Å². The lowest BCUT2D eigenvalue weighted by Crippen LogP contribution is -2.56. The van der Waals surface area contributed by atoms with Crippen LogP contribution in [0.15, 0.2) is 36.5 Å². The van der Waals surface area contributed by atoms with Crippen molar-refractivity contribution < 1.29 is 19.1 Å². The summed E-state index contributed by atoms with van der Waals surface area (Å²) in [6, 6.07) is 9.75. The third-order valence-electron chi connectivity index (χ3n) is 8.06. The molecule has 1 saturated heterocycles. The van der Waals surface area contributed by atoms with Gasteiger partial charge in [-0.05, 0) is 68.3 Å². The second-order valence-electron chi connectivity index (χ2n) is 11.3. The van der Waals surface area contributed by atoms with Crippen molar-refractivity contribution >= 4 is 34.3 Å². The molecule has 0 radical (unpaired) electrons. The molecule has 3 aliphatic rings. The Balaban J connectivity index is 1.25. The number of nitrogens with one attached hydrogen (secondary N) is 1. The van der Waals surface area contributed by atoms with Crippen LogP contribution in [0.2, 0.25) is 0 Å². The van der Waals surface area contributed by atoms with Crippen molar-refractivity contribution in [1.29, 1.82) is 0 Å². The van der Waals surface area contributed by atoms with Gasteiger partial charge in [-0.25, -0.2) is 14.8 Å². The summed E-state index contributed by atoms with van der Waals surface area (Å²) in [6.45, 7) is 9.30. The van der Waals surface area contributed by atoms with E-state index in [-0.39, 0.29) is 29.8 Å². The number of hydrogen-bond acceptors (Lipinski definition) is 7. The molecule has 8 heteroatoms. The number of carbonyl (C=O) groups excluding carboxylic acids is 2. The number of pyridine rings is 2. The summed E-state index contributed by atoms with van der Waals surface area (Å²) in [5, 5.41) is 5.39. The van der Waals surface area contributed by atoms with E-state index in [4.69, 9.17) is 14.5 Å². The summed E-state index contributed by atoms with van der Waals surface area (Å²) in [7, 11) is 0. The van der Waals surface area contributed by atoms with Crippen molar-refractivity contribution in [3.8, 4) is 5.75 Å². The lowest BCUT2D eigenvalue weighted by atomic mass is 9.84. The Bertz CT molecular complexity index is 1430. The normalized spacial score (nSPS) is 20.5. The van der Waals surface area contributed by atoms with Crippen molar-refractivity contribution in [2.45, 2.75) is 71.0 Å². The zero-order chi connectivity index (χ0) is 26.6. The molecule has 0 bridgehead atoms. The van der Waals surface area contributed by atoms with Crippen molar-refractivity contribution in [2.24, 2.45) is 5.92 Å². The maximum Gasteiger partial charge on any atom is 0.340 e. The molecule has 1 unspecified atom stereocenters. The van der Waals surface area contributed by atoms with E-state index in [1.165, 1.54) is 5.56 Å².